The fourth-order valence-corrected chi connectivity index (χ4v) is 1.99. The monoisotopic (exact) mass is 288 g/mol. The van der Waals surface area contributed by atoms with Gasteiger partial charge in [-0.25, -0.2) is 4.79 Å². The molecular weight excluding hydrogens is 264 g/mol. The maximum atomic E-state index is 12.0. The summed E-state index contributed by atoms with van der Waals surface area (Å²) in [7, 11) is 0. The SMILES string of the molecule is CC(C)CC(NC(=O)OC(C)(C)C)c1ccc(C#N)cc1. The van der Waals surface area contributed by atoms with Gasteiger partial charge in [0.2, 0.25) is 0 Å². The zero-order chi connectivity index (χ0) is 16.0. The van der Waals surface area contributed by atoms with Crippen LogP contribution in [-0.4, -0.2) is 11.7 Å². The number of hydrogen-bond donors (Lipinski definition) is 1. The van der Waals surface area contributed by atoms with Gasteiger partial charge in [0.05, 0.1) is 17.7 Å². The Morgan fingerprint density at radius 3 is 2.29 bits per heavy atom. The summed E-state index contributed by atoms with van der Waals surface area (Å²) in [6.45, 7) is 9.73. The maximum Gasteiger partial charge on any atom is 0.408 e. The van der Waals surface area contributed by atoms with Crippen molar-refractivity contribution < 1.29 is 9.53 Å². The zero-order valence-electron chi connectivity index (χ0n) is 13.4. The van der Waals surface area contributed by atoms with Gasteiger partial charge in [-0.2, -0.15) is 5.26 Å². The number of nitrogens with zero attached hydrogens (tertiary/aromatic N) is 1. The highest BCUT2D eigenvalue weighted by Crippen LogP contribution is 2.22. The van der Waals surface area contributed by atoms with E-state index in [1.807, 2.05) is 32.9 Å². The van der Waals surface area contributed by atoms with Gasteiger partial charge in [-0.15, -0.1) is 0 Å². The van der Waals surface area contributed by atoms with Gasteiger partial charge in [-0.05, 0) is 50.8 Å². The molecule has 0 saturated carbocycles. The van der Waals surface area contributed by atoms with Crippen molar-refractivity contribution in [2.45, 2.75) is 52.7 Å². The predicted molar refractivity (Wildman–Crippen MR) is 82.7 cm³/mol. The first kappa shape index (κ1) is 17.0. The van der Waals surface area contributed by atoms with Crippen molar-refractivity contribution >= 4 is 6.09 Å². The smallest absolute Gasteiger partial charge is 0.408 e. The molecule has 1 aromatic rings. The predicted octanol–water partition coefficient (Wildman–Crippen LogP) is 4.17. The van der Waals surface area contributed by atoms with E-state index in [0.717, 1.165) is 12.0 Å². The van der Waals surface area contributed by atoms with E-state index < -0.39 is 11.7 Å². The molecule has 114 valence electrons. The topological polar surface area (TPSA) is 62.1 Å². The number of alkyl carbamates (subject to hydrolysis) is 1. The van der Waals surface area contributed by atoms with Gasteiger partial charge in [0.1, 0.15) is 5.60 Å². The molecule has 0 aliphatic carbocycles. The van der Waals surface area contributed by atoms with Crippen LogP contribution in [-0.2, 0) is 4.74 Å². The molecule has 0 saturated heterocycles. The molecule has 4 heteroatoms. The van der Waals surface area contributed by atoms with Crippen LogP contribution in [0.4, 0.5) is 4.79 Å². The Kier molecular flexibility index (Phi) is 5.78. The summed E-state index contributed by atoms with van der Waals surface area (Å²) in [6.07, 6.45) is 0.392. The first-order valence-corrected chi connectivity index (χ1v) is 7.21. The number of hydrogen-bond acceptors (Lipinski definition) is 3. The van der Waals surface area contributed by atoms with Crippen LogP contribution in [0.1, 0.15) is 58.2 Å². The summed E-state index contributed by atoms with van der Waals surface area (Å²) in [5.41, 5.74) is 1.07. The number of amides is 1. The van der Waals surface area contributed by atoms with Crippen molar-refractivity contribution in [1.82, 2.24) is 5.32 Å². The third-order valence-electron chi connectivity index (χ3n) is 2.84. The van der Waals surface area contributed by atoms with Crippen molar-refractivity contribution in [3.8, 4) is 6.07 Å². The molecule has 21 heavy (non-hydrogen) atoms. The minimum absolute atomic E-state index is 0.118. The van der Waals surface area contributed by atoms with Gasteiger partial charge >= 0.3 is 6.09 Å². The molecule has 0 bridgehead atoms. The van der Waals surface area contributed by atoms with Crippen LogP contribution in [0.15, 0.2) is 24.3 Å². The highest BCUT2D eigenvalue weighted by Gasteiger charge is 2.21. The van der Waals surface area contributed by atoms with Gasteiger partial charge in [0.15, 0.2) is 0 Å². The van der Waals surface area contributed by atoms with E-state index in [1.165, 1.54) is 0 Å². The lowest BCUT2D eigenvalue weighted by Crippen LogP contribution is -2.35. The zero-order valence-corrected chi connectivity index (χ0v) is 13.4. The maximum absolute atomic E-state index is 12.0. The fraction of sp³-hybridized carbons (Fsp3) is 0.529. The van der Waals surface area contributed by atoms with Gasteiger partial charge in [0, 0.05) is 0 Å². The van der Waals surface area contributed by atoms with Crippen molar-refractivity contribution in [3.63, 3.8) is 0 Å². The Hall–Kier alpha value is -2.02. The Morgan fingerprint density at radius 2 is 1.86 bits per heavy atom. The highest BCUT2D eigenvalue weighted by molar-refractivity contribution is 5.68. The number of ether oxygens (including phenoxy) is 1. The van der Waals surface area contributed by atoms with Gasteiger partial charge in [-0.1, -0.05) is 26.0 Å². The van der Waals surface area contributed by atoms with Crippen molar-refractivity contribution in [2.24, 2.45) is 5.92 Å². The van der Waals surface area contributed by atoms with Crippen LogP contribution in [0, 0.1) is 17.2 Å². The van der Waals surface area contributed by atoms with Crippen LogP contribution in [0.3, 0.4) is 0 Å². The molecule has 1 amide bonds. The quantitative estimate of drug-likeness (QED) is 0.904. The summed E-state index contributed by atoms with van der Waals surface area (Å²) in [5.74, 6) is 0.431. The molecule has 0 aliphatic heterocycles. The molecule has 0 aromatic heterocycles. The van der Waals surface area contributed by atoms with E-state index in [-0.39, 0.29) is 6.04 Å². The Balaban J connectivity index is 2.85. The number of rotatable bonds is 4. The number of nitriles is 1. The minimum atomic E-state index is -0.517. The number of carbonyl (C=O) groups excluding carboxylic acids is 1. The lowest BCUT2D eigenvalue weighted by molar-refractivity contribution is 0.0498. The van der Waals surface area contributed by atoms with Crippen molar-refractivity contribution in [1.29, 1.82) is 5.26 Å². The third kappa shape index (κ3) is 6.31. The fourth-order valence-electron chi connectivity index (χ4n) is 1.99. The second kappa shape index (κ2) is 7.12. The second-order valence-corrected chi connectivity index (χ2v) is 6.56. The molecule has 1 N–H and O–H groups in total. The first-order chi connectivity index (χ1) is 9.71. The van der Waals surface area contributed by atoms with Crippen molar-refractivity contribution in [3.05, 3.63) is 35.4 Å². The summed E-state index contributed by atoms with van der Waals surface area (Å²) in [6, 6.07) is 9.26. The lowest BCUT2D eigenvalue weighted by atomic mass is 9.96. The van der Waals surface area contributed by atoms with E-state index in [1.54, 1.807) is 12.1 Å². The molecular formula is C17H24N2O2. The Bertz CT molecular complexity index is 507. The minimum Gasteiger partial charge on any atom is -0.444 e. The molecule has 0 radical (unpaired) electrons. The number of nitrogens with one attached hydrogen (secondary N) is 1. The van der Waals surface area contributed by atoms with Crippen LogP contribution >= 0.6 is 0 Å². The van der Waals surface area contributed by atoms with Crippen LogP contribution < -0.4 is 5.32 Å². The molecule has 0 fully saturated rings. The molecule has 1 unspecified atom stereocenters. The van der Waals surface area contributed by atoms with Crippen molar-refractivity contribution in [2.75, 3.05) is 0 Å². The standard InChI is InChI=1S/C17H24N2O2/c1-12(2)10-15(19-16(20)21-17(3,4)5)14-8-6-13(11-18)7-9-14/h6-9,12,15H,10H2,1-5H3,(H,19,20). The van der Waals surface area contributed by atoms with E-state index >= 15 is 0 Å². The molecule has 0 heterocycles. The van der Waals surface area contributed by atoms with Gasteiger partial charge in [-0.3, -0.25) is 0 Å². The Labute approximate surface area is 127 Å². The molecule has 1 rings (SSSR count). The third-order valence-corrected chi connectivity index (χ3v) is 2.84. The first-order valence-electron chi connectivity index (χ1n) is 7.21. The van der Waals surface area contributed by atoms with Crippen LogP contribution in [0.2, 0.25) is 0 Å². The van der Waals surface area contributed by atoms with E-state index in [2.05, 4.69) is 25.2 Å². The lowest BCUT2D eigenvalue weighted by Gasteiger charge is -2.25. The Morgan fingerprint density at radius 1 is 1.29 bits per heavy atom. The number of benzene rings is 1. The van der Waals surface area contributed by atoms with E-state index in [9.17, 15) is 4.79 Å². The highest BCUT2D eigenvalue weighted by atomic mass is 16.6. The van der Waals surface area contributed by atoms with E-state index in [4.69, 9.17) is 10.00 Å². The summed E-state index contributed by atoms with van der Waals surface area (Å²) >= 11 is 0. The molecule has 0 aliphatic rings. The average Bonchev–Trinajstić information content (AvgIpc) is 2.35. The number of carbonyl (C=O) groups is 1. The van der Waals surface area contributed by atoms with Gasteiger partial charge in [0.25, 0.3) is 0 Å². The van der Waals surface area contributed by atoms with Crippen LogP contribution in [0.25, 0.3) is 0 Å². The summed E-state index contributed by atoms with van der Waals surface area (Å²) in [4.78, 5) is 12.0. The molecule has 1 aromatic carbocycles. The molecule has 1 atom stereocenters. The molecule has 4 nitrogen and oxygen atoms in total. The summed E-state index contributed by atoms with van der Waals surface area (Å²) in [5, 5.41) is 11.8. The largest absolute Gasteiger partial charge is 0.444 e. The normalized spacial score (nSPS) is 12.6. The van der Waals surface area contributed by atoms with E-state index in [0.29, 0.717) is 11.5 Å². The van der Waals surface area contributed by atoms with Crippen LogP contribution in [0.5, 0.6) is 0 Å². The molecule has 0 spiro atoms. The van der Waals surface area contributed by atoms with Gasteiger partial charge < -0.3 is 10.1 Å². The summed E-state index contributed by atoms with van der Waals surface area (Å²) < 4.78 is 5.31. The second-order valence-electron chi connectivity index (χ2n) is 6.56. The average molecular weight is 288 g/mol.